The first kappa shape index (κ1) is 13.5. The second-order valence-electron chi connectivity index (χ2n) is 4.46. The number of nitrogens with zero attached hydrogens (tertiary/aromatic N) is 1. The Kier molecular flexibility index (Phi) is 5.29. The molecule has 0 saturated carbocycles. The topological polar surface area (TPSA) is 29.3 Å². The summed E-state index contributed by atoms with van der Waals surface area (Å²) in [5.41, 5.74) is 7.93. The fourth-order valence-corrected chi connectivity index (χ4v) is 2.37. The van der Waals surface area contributed by atoms with Crippen molar-refractivity contribution in [2.24, 2.45) is 0 Å². The van der Waals surface area contributed by atoms with Gasteiger partial charge >= 0.3 is 0 Å². The molecule has 0 aromatic heterocycles. The molecule has 2 N–H and O–H groups in total. The fourth-order valence-electron chi connectivity index (χ4n) is 1.81. The van der Waals surface area contributed by atoms with Gasteiger partial charge in [0.15, 0.2) is 0 Å². The molecule has 90 valence electrons. The van der Waals surface area contributed by atoms with Crippen LogP contribution in [0.25, 0.3) is 0 Å². The van der Waals surface area contributed by atoms with Crippen molar-refractivity contribution in [1.82, 2.24) is 4.90 Å². The Morgan fingerprint density at radius 3 is 2.50 bits per heavy atom. The summed E-state index contributed by atoms with van der Waals surface area (Å²) in [6, 6.07) is 6.69. The van der Waals surface area contributed by atoms with Crippen molar-refractivity contribution in [3.05, 3.63) is 28.2 Å². The third kappa shape index (κ3) is 4.14. The van der Waals surface area contributed by atoms with Gasteiger partial charge in [0.1, 0.15) is 0 Å². The molecule has 0 aliphatic heterocycles. The maximum atomic E-state index is 5.84. The van der Waals surface area contributed by atoms with Gasteiger partial charge in [0.05, 0.1) is 0 Å². The van der Waals surface area contributed by atoms with Gasteiger partial charge in [-0.05, 0) is 50.6 Å². The molecule has 1 rings (SSSR count). The molecule has 3 heteroatoms. The average molecular weight is 285 g/mol. The second kappa shape index (κ2) is 6.26. The summed E-state index contributed by atoms with van der Waals surface area (Å²) in [4.78, 5) is 2.46. The van der Waals surface area contributed by atoms with Crippen LogP contribution in [0.4, 0.5) is 5.69 Å². The lowest BCUT2D eigenvalue weighted by Gasteiger charge is -2.26. The van der Waals surface area contributed by atoms with Gasteiger partial charge in [0.2, 0.25) is 0 Å². The van der Waals surface area contributed by atoms with Crippen LogP contribution < -0.4 is 5.73 Å². The van der Waals surface area contributed by atoms with Crippen molar-refractivity contribution in [3.63, 3.8) is 0 Å². The van der Waals surface area contributed by atoms with Crippen LogP contribution in [0.3, 0.4) is 0 Å². The third-order valence-electron chi connectivity index (χ3n) is 2.61. The van der Waals surface area contributed by atoms with E-state index < -0.39 is 0 Å². The van der Waals surface area contributed by atoms with Crippen LogP contribution in [0.2, 0.25) is 0 Å². The Morgan fingerprint density at radius 1 is 1.31 bits per heavy atom. The van der Waals surface area contributed by atoms with Gasteiger partial charge in [0, 0.05) is 22.7 Å². The molecule has 0 bridgehead atoms. The summed E-state index contributed by atoms with van der Waals surface area (Å²) in [5.74, 6) is 0. The van der Waals surface area contributed by atoms with E-state index in [0.29, 0.717) is 6.04 Å². The molecule has 1 aromatic rings. The normalized spacial score (nSPS) is 11.4. The molecule has 0 aliphatic carbocycles. The zero-order valence-corrected chi connectivity index (χ0v) is 11.9. The highest BCUT2D eigenvalue weighted by Gasteiger charge is 2.09. The van der Waals surface area contributed by atoms with Crippen molar-refractivity contribution in [2.75, 3.05) is 12.3 Å². The Labute approximate surface area is 107 Å². The molecule has 16 heavy (non-hydrogen) atoms. The molecule has 1 aromatic carbocycles. The molecule has 0 spiro atoms. The Hall–Kier alpha value is -0.540. The molecule has 0 amide bonds. The molecule has 0 fully saturated rings. The number of hydrogen-bond acceptors (Lipinski definition) is 2. The monoisotopic (exact) mass is 284 g/mol. The molecule has 0 heterocycles. The molecule has 2 nitrogen and oxygen atoms in total. The standard InChI is InChI=1S/C13H21BrN2/c1-4-5-16(10(2)3)9-11-6-12(14)8-13(15)7-11/h6-8,10H,4-5,9,15H2,1-3H3. The number of benzene rings is 1. The highest BCUT2D eigenvalue weighted by Crippen LogP contribution is 2.19. The van der Waals surface area contributed by atoms with Gasteiger partial charge in [-0.15, -0.1) is 0 Å². The van der Waals surface area contributed by atoms with Crippen LogP contribution >= 0.6 is 15.9 Å². The Bertz CT molecular complexity index is 316. The quantitative estimate of drug-likeness (QED) is 0.837. The van der Waals surface area contributed by atoms with Crippen LogP contribution in [-0.2, 0) is 6.54 Å². The number of halogens is 1. The zero-order valence-electron chi connectivity index (χ0n) is 10.3. The minimum atomic E-state index is 0.570. The summed E-state index contributed by atoms with van der Waals surface area (Å²) < 4.78 is 1.06. The third-order valence-corrected chi connectivity index (χ3v) is 3.06. The van der Waals surface area contributed by atoms with E-state index in [4.69, 9.17) is 5.73 Å². The lowest BCUT2D eigenvalue weighted by atomic mass is 10.1. The van der Waals surface area contributed by atoms with Gasteiger partial charge in [-0.25, -0.2) is 0 Å². The van der Waals surface area contributed by atoms with Crippen molar-refractivity contribution < 1.29 is 0 Å². The molecule has 0 radical (unpaired) electrons. The largest absolute Gasteiger partial charge is 0.399 e. The van der Waals surface area contributed by atoms with Gasteiger partial charge in [0.25, 0.3) is 0 Å². The average Bonchev–Trinajstić information content (AvgIpc) is 2.15. The highest BCUT2D eigenvalue weighted by molar-refractivity contribution is 9.10. The first-order valence-corrected chi connectivity index (χ1v) is 6.61. The lowest BCUT2D eigenvalue weighted by Crippen LogP contribution is -2.31. The minimum absolute atomic E-state index is 0.570. The van der Waals surface area contributed by atoms with Crippen molar-refractivity contribution in [1.29, 1.82) is 0 Å². The molecule has 0 saturated heterocycles. The summed E-state index contributed by atoms with van der Waals surface area (Å²) in [7, 11) is 0. The molecule has 0 atom stereocenters. The smallest absolute Gasteiger partial charge is 0.0328 e. The summed E-state index contributed by atoms with van der Waals surface area (Å²) >= 11 is 3.48. The van der Waals surface area contributed by atoms with Crippen LogP contribution in [0, 0.1) is 0 Å². The SMILES string of the molecule is CCCN(Cc1cc(N)cc(Br)c1)C(C)C. The minimum Gasteiger partial charge on any atom is -0.399 e. The fraction of sp³-hybridized carbons (Fsp3) is 0.538. The molecular formula is C13H21BrN2. The van der Waals surface area contributed by atoms with E-state index in [1.165, 1.54) is 12.0 Å². The number of nitrogen functional groups attached to an aromatic ring is 1. The van der Waals surface area contributed by atoms with Gasteiger partial charge in [-0.1, -0.05) is 22.9 Å². The number of anilines is 1. The summed E-state index contributed by atoms with van der Waals surface area (Å²) in [6.45, 7) is 8.78. The van der Waals surface area contributed by atoms with Crippen LogP contribution in [0.1, 0.15) is 32.8 Å². The van der Waals surface area contributed by atoms with Crippen LogP contribution in [0.5, 0.6) is 0 Å². The molecule has 0 unspecified atom stereocenters. The van der Waals surface area contributed by atoms with E-state index in [-0.39, 0.29) is 0 Å². The van der Waals surface area contributed by atoms with Crippen molar-refractivity contribution in [2.45, 2.75) is 39.8 Å². The lowest BCUT2D eigenvalue weighted by molar-refractivity contribution is 0.213. The maximum Gasteiger partial charge on any atom is 0.0328 e. The van der Waals surface area contributed by atoms with E-state index in [0.717, 1.165) is 23.2 Å². The molecule has 0 aliphatic rings. The first-order chi connectivity index (χ1) is 7.52. The van der Waals surface area contributed by atoms with Gasteiger partial charge in [-0.2, -0.15) is 0 Å². The predicted molar refractivity (Wildman–Crippen MR) is 74.4 cm³/mol. The van der Waals surface area contributed by atoms with Gasteiger partial charge < -0.3 is 5.73 Å². The van der Waals surface area contributed by atoms with E-state index in [1.54, 1.807) is 0 Å². The number of nitrogens with two attached hydrogens (primary N) is 1. The number of rotatable bonds is 5. The predicted octanol–water partition coefficient (Wildman–Crippen LogP) is 3.65. The zero-order chi connectivity index (χ0) is 12.1. The summed E-state index contributed by atoms with van der Waals surface area (Å²) in [5, 5.41) is 0. The van der Waals surface area contributed by atoms with Crippen LogP contribution in [-0.4, -0.2) is 17.5 Å². The maximum absolute atomic E-state index is 5.84. The van der Waals surface area contributed by atoms with Crippen molar-refractivity contribution >= 4 is 21.6 Å². The van der Waals surface area contributed by atoms with E-state index >= 15 is 0 Å². The van der Waals surface area contributed by atoms with Crippen molar-refractivity contribution in [3.8, 4) is 0 Å². The Balaban J connectivity index is 2.76. The van der Waals surface area contributed by atoms with Crippen LogP contribution in [0.15, 0.2) is 22.7 Å². The van der Waals surface area contributed by atoms with E-state index in [1.807, 2.05) is 6.07 Å². The van der Waals surface area contributed by atoms with Gasteiger partial charge in [-0.3, -0.25) is 4.90 Å². The summed E-state index contributed by atoms with van der Waals surface area (Å²) in [6.07, 6.45) is 1.18. The highest BCUT2D eigenvalue weighted by atomic mass is 79.9. The second-order valence-corrected chi connectivity index (χ2v) is 5.37. The first-order valence-electron chi connectivity index (χ1n) is 5.82. The molecular weight excluding hydrogens is 264 g/mol. The Morgan fingerprint density at radius 2 is 2.00 bits per heavy atom. The number of hydrogen-bond donors (Lipinski definition) is 1. The van der Waals surface area contributed by atoms with E-state index in [9.17, 15) is 0 Å². The van der Waals surface area contributed by atoms with E-state index in [2.05, 4.69) is 53.7 Å².